The average Bonchev–Trinajstić information content (AvgIpc) is 3.18. The van der Waals surface area contributed by atoms with Crippen molar-refractivity contribution in [3.63, 3.8) is 0 Å². The standard InChI is InChI=1S/C19H23N11O2/c1-9-13-14(28-30(5)27-13)10-6-7-22-17(16(10)29(9)4)23-11-8-12(24-19(32)21-3)25-26-15(11)18(31)20-2/h6-9H,1-5H3,(H,20,31)(H3,21,22,23,24,25,32)/t9-/m1/s1/i2D3. The van der Waals surface area contributed by atoms with Crippen LogP contribution in [0.5, 0.6) is 0 Å². The number of rotatable bonds is 4. The number of carbonyl (C=O) groups is 2. The van der Waals surface area contributed by atoms with Gasteiger partial charge in [-0.2, -0.15) is 15.0 Å². The number of hydrogen-bond donors (Lipinski definition) is 4. The van der Waals surface area contributed by atoms with Gasteiger partial charge in [-0.25, -0.2) is 9.78 Å². The predicted molar refractivity (Wildman–Crippen MR) is 118 cm³/mol. The van der Waals surface area contributed by atoms with Crippen molar-refractivity contribution in [1.29, 1.82) is 0 Å². The molecule has 1 aliphatic rings. The molecule has 0 fully saturated rings. The molecule has 4 rings (SSSR count). The number of aromatic nitrogens is 6. The fraction of sp³-hybridized carbons (Fsp3) is 0.316. The van der Waals surface area contributed by atoms with Gasteiger partial charge in [0, 0.05) is 50.1 Å². The number of nitrogens with zero attached hydrogens (tertiary/aromatic N) is 7. The van der Waals surface area contributed by atoms with Crippen molar-refractivity contribution >= 4 is 34.9 Å². The molecule has 0 aromatic carbocycles. The van der Waals surface area contributed by atoms with Crippen molar-refractivity contribution in [2.75, 3.05) is 36.6 Å². The van der Waals surface area contributed by atoms with Crippen LogP contribution in [0.3, 0.4) is 0 Å². The van der Waals surface area contributed by atoms with Gasteiger partial charge in [-0.05, 0) is 13.0 Å². The molecule has 166 valence electrons. The molecule has 3 amide bonds. The van der Waals surface area contributed by atoms with E-state index >= 15 is 0 Å². The highest BCUT2D eigenvalue weighted by Crippen LogP contribution is 2.45. The van der Waals surface area contributed by atoms with Crippen LogP contribution in [0, 0.1) is 0 Å². The van der Waals surface area contributed by atoms with Crippen molar-refractivity contribution in [3.05, 3.63) is 29.7 Å². The summed E-state index contributed by atoms with van der Waals surface area (Å²) >= 11 is 0. The second-order valence-corrected chi connectivity index (χ2v) is 7.04. The van der Waals surface area contributed by atoms with E-state index in [9.17, 15) is 9.59 Å². The lowest BCUT2D eigenvalue weighted by Crippen LogP contribution is -2.28. The van der Waals surface area contributed by atoms with E-state index in [1.807, 2.05) is 30.3 Å². The lowest BCUT2D eigenvalue weighted by Gasteiger charge is -2.33. The second-order valence-electron chi connectivity index (χ2n) is 7.04. The van der Waals surface area contributed by atoms with Crippen LogP contribution in [0.1, 0.15) is 33.3 Å². The third kappa shape index (κ3) is 3.53. The first kappa shape index (κ1) is 17.4. The zero-order valence-corrected chi connectivity index (χ0v) is 17.8. The van der Waals surface area contributed by atoms with Crippen LogP contribution < -0.4 is 26.2 Å². The number of nitrogens with one attached hydrogen (secondary N) is 4. The van der Waals surface area contributed by atoms with E-state index < -0.39 is 18.9 Å². The van der Waals surface area contributed by atoms with Crippen LogP contribution in [-0.2, 0) is 7.05 Å². The molecule has 0 saturated carbocycles. The number of aryl methyl sites for hydroxylation is 1. The number of carbonyl (C=O) groups excluding carboxylic acids is 2. The van der Waals surface area contributed by atoms with Gasteiger partial charge in [-0.3, -0.25) is 10.1 Å². The van der Waals surface area contributed by atoms with E-state index in [0.29, 0.717) is 17.2 Å². The summed E-state index contributed by atoms with van der Waals surface area (Å²) in [5.74, 6) is -0.593. The molecule has 1 aliphatic heterocycles. The third-order valence-electron chi connectivity index (χ3n) is 5.09. The molecule has 0 bridgehead atoms. The summed E-state index contributed by atoms with van der Waals surface area (Å²) < 4.78 is 22.0. The Hall–Kier alpha value is -4.29. The summed E-state index contributed by atoms with van der Waals surface area (Å²) in [6.45, 7) is -0.765. The monoisotopic (exact) mass is 440 g/mol. The van der Waals surface area contributed by atoms with Crippen LogP contribution >= 0.6 is 0 Å². The summed E-state index contributed by atoms with van der Waals surface area (Å²) in [5, 5.41) is 26.4. The highest BCUT2D eigenvalue weighted by molar-refractivity contribution is 6.00. The summed E-state index contributed by atoms with van der Waals surface area (Å²) in [4.78, 5) is 32.3. The van der Waals surface area contributed by atoms with Crippen molar-refractivity contribution in [2.24, 2.45) is 7.05 Å². The van der Waals surface area contributed by atoms with Gasteiger partial charge in [0.1, 0.15) is 11.4 Å². The minimum Gasteiger partial charge on any atom is -0.363 e. The Bertz CT molecular complexity index is 1310. The van der Waals surface area contributed by atoms with E-state index in [0.717, 1.165) is 11.3 Å². The van der Waals surface area contributed by atoms with E-state index in [2.05, 4.69) is 41.3 Å². The van der Waals surface area contributed by atoms with Gasteiger partial charge in [0.15, 0.2) is 17.3 Å². The number of fused-ring (bicyclic) bond motifs is 3. The van der Waals surface area contributed by atoms with Gasteiger partial charge in [-0.15, -0.1) is 10.2 Å². The third-order valence-corrected chi connectivity index (χ3v) is 5.09. The van der Waals surface area contributed by atoms with E-state index in [4.69, 9.17) is 4.11 Å². The normalized spacial score (nSPS) is 16.1. The average molecular weight is 440 g/mol. The number of urea groups is 1. The van der Waals surface area contributed by atoms with Crippen LogP contribution in [0.4, 0.5) is 27.8 Å². The van der Waals surface area contributed by atoms with Crippen molar-refractivity contribution in [2.45, 2.75) is 13.0 Å². The Kier molecular flexibility index (Phi) is 4.40. The molecule has 0 radical (unpaired) electrons. The van der Waals surface area contributed by atoms with Gasteiger partial charge >= 0.3 is 6.03 Å². The van der Waals surface area contributed by atoms with Crippen molar-refractivity contribution in [1.82, 2.24) is 40.8 Å². The maximum Gasteiger partial charge on any atom is 0.320 e. The highest BCUT2D eigenvalue weighted by Gasteiger charge is 2.32. The first-order valence-electron chi connectivity index (χ1n) is 11.1. The first-order chi connectivity index (χ1) is 16.5. The van der Waals surface area contributed by atoms with Crippen LogP contribution in [0.15, 0.2) is 18.3 Å². The van der Waals surface area contributed by atoms with Gasteiger partial charge in [0.05, 0.1) is 17.4 Å². The Morgan fingerprint density at radius 3 is 2.75 bits per heavy atom. The number of pyridine rings is 1. The van der Waals surface area contributed by atoms with Crippen molar-refractivity contribution in [3.8, 4) is 11.3 Å². The molecular weight excluding hydrogens is 414 g/mol. The molecule has 0 spiro atoms. The number of anilines is 4. The molecule has 4 N–H and O–H groups in total. The minimum absolute atomic E-state index is 0.0278. The zero-order chi connectivity index (χ0) is 25.5. The molecule has 0 unspecified atom stereocenters. The first-order valence-corrected chi connectivity index (χ1v) is 9.58. The molecular formula is C19H23N11O2. The van der Waals surface area contributed by atoms with Crippen LogP contribution in [0.2, 0.25) is 0 Å². The summed E-state index contributed by atoms with van der Waals surface area (Å²) in [6, 6.07) is 2.49. The molecule has 13 heteroatoms. The van der Waals surface area contributed by atoms with Gasteiger partial charge in [0.25, 0.3) is 5.91 Å². The Balaban J connectivity index is 1.80. The lowest BCUT2D eigenvalue weighted by molar-refractivity contribution is 0.0958. The Morgan fingerprint density at radius 2 is 2.00 bits per heavy atom. The molecule has 0 saturated heterocycles. The van der Waals surface area contributed by atoms with E-state index in [-0.39, 0.29) is 23.2 Å². The highest BCUT2D eigenvalue weighted by atomic mass is 16.2. The topological polar surface area (TPSA) is 155 Å². The lowest BCUT2D eigenvalue weighted by atomic mass is 9.99. The van der Waals surface area contributed by atoms with Gasteiger partial charge < -0.3 is 20.9 Å². The molecule has 13 nitrogen and oxygen atoms in total. The molecule has 1 atom stereocenters. The van der Waals surface area contributed by atoms with E-state index in [1.54, 1.807) is 13.2 Å². The molecule has 4 heterocycles. The van der Waals surface area contributed by atoms with Crippen molar-refractivity contribution < 1.29 is 13.7 Å². The van der Waals surface area contributed by atoms with Crippen LogP contribution in [-0.4, -0.2) is 63.2 Å². The Labute approximate surface area is 187 Å². The molecule has 3 aromatic rings. The van der Waals surface area contributed by atoms with Gasteiger partial charge in [0.2, 0.25) is 0 Å². The largest absolute Gasteiger partial charge is 0.363 e. The minimum atomic E-state index is -2.74. The summed E-state index contributed by atoms with van der Waals surface area (Å²) in [5.41, 5.74) is 2.75. The van der Waals surface area contributed by atoms with E-state index in [1.165, 1.54) is 17.9 Å². The van der Waals surface area contributed by atoms with Gasteiger partial charge in [-0.1, -0.05) is 0 Å². The molecule has 32 heavy (non-hydrogen) atoms. The molecule has 0 aliphatic carbocycles. The second kappa shape index (κ2) is 8.09. The number of hydrogen-bond acceptors (Lipinski definition) is 9. The fourth-order valence-corrected chi connectivity index (χ4v) is 3.45. The maximum absolute atomic E-state index is 12.7. The molecule has 3 aromatic heterocycles. The quantitative estimate of drug-likeness (QED) is 0.465. The fourth-order valence-electron chi connectivity index (χ4n) is 3.45. The predicted octanol–water partition coefficient (Wildman–Crippen LogP) is 1.03. The smallest absolute Gasteiger partial charge is 0.320 e. The zero-order valence-electron chi connectivity index (χ0n) is 20.8. The summed E-state index contributed by atoms with van der Waals surface area (Å²) in [6.07, 6.45) is 1.57. The Morgan fingerprint density at radius 1 is 1.19 bits per heavy atom. The number of amides is 3. The van der Waals surface area contributed by atoms with Crippen LogP contribution in [0.25, 0.3) is 11.3 Å². The summed E-state index contributed by atoms with van der Waals surface area (Å²) in [7, 11) is 5.04. The maximum atomic E-state index is 12.7. The SMILES string of the molecule is [2H]C([2H])([2H])NC(=O)c1nnc(NC(=O)NC)cc1Nc1nccc2c1N(C)[C@H](C)c1nn(C)nc1-2.